The van der Waals surface area contributed by atoms with Crippen molar-refractivity contribution < 1.29 is 0 Å². The fourth-order valence-corrected chi connectivity index (χ4v) is 8.09. The number of pyridine rings is 1. The third kappa shape index (κ3) is 5.19. The summed E-state index contributed by atoms with van der Waals surface area (Å²) < 4.78 is 4.75. The number of fused-ring (bicyclic) bond motifs is 6. The molecule has 0 aliphatic heterocycles. The van der Waals surface area contributed by atoms with Crippen LogP contribution in [0.25, 0.3) is 100 Å². The molecule has 0 saturated carbocycles. The summed E-state index contributed by atoms with van der Waals surface area (Å²) in [7, 11) is 0. The number of benzene rings is 7. The molecule has 0 unspecified atom stereocenters. The Morgan fingerprint density at radius 2 is 0.839 bits per heavy atom. The predicted molar refractivity (Wildman–Crippen MR) is 228 cm³/mol. The molecule has 0 aliphatic rings. The summed E-state index contributed by atoms with van der Waals surface area (Å²) in [5, 5.41) is 4.81. The molecule has 4 heterocycles. The molecule has 6 nitrogen and oxygen atoms in total. The third-order valence-corrected chi connectivity index (χ3v) is 10.6. The third-order valence-electron chi connectivity index (χ3n) is 10.6. The summed E-state index contributed by atoms with van der Waals surface area (Å²) in [6, 6.07) is 65.5. The minimum Gasteiger partial charge on any atom is -0.309 e. The Kier molecular flexibility index (Phi) is 7.38. The van der Waals surface area contributed by atoms with Gasteiger partial charge in [-0.25, -0.2) is 15.0 Å². The van der Waals surface area contributed by atoms with Gasteiger partial charge in [0.1, 0.15) is 0 Å². The van der Waals surface area contributed by atoms with Crippen LogP contribution in [0.1, 0.15) is 0 Å². The van der Waals surface area contributed by atoms with Crippen molar-refractivity contribution in [2.24, 2.45) is 0 Å². The van der Waals surface area contributed by atoms with Crippen LogP contribution >= 0.6 is 0 Å². The maximum Gasteiger partial charge on any atom is 0.164 e. The Bertz CT molecular complexity index is 3130. The molecule has 0 saturated heterocycles. The summed E-state index contributed by atoms with van der Waals surface area (Å²) in [5.41, 5.74) is 11.3. The fraction of sp³-hybridized carbons (Fsp3) is 0. The molecule has 0 spiro atoms. The maximum atomic E-state index is 5.09. The molecule has 262 valence electrons. The van der Waals surface area contributed by atoms with Crippen molar-refractivity contribution in [1.82, 2.24) is 29.1 Å². The van der Waals surface area contributed by atoms with Crippen LogP contribution < -0.4 is 0 Å². The molecule has 0 aliphatic carbocycles. The van der Waals surface area contributed by atoms with Gasteiger partial charge in [-0.05, 0) is 60.7 Å². The fourth-order valence-electron chi connectivity index (χ4n) is 8.09. The van der Waals surface area contributed by atoms with E-state index in [1.165, 1.54) is 27.2 Å². The zero-order chi connectivity index (χ0) is 37.0. The maximum absolute atomic E-state index is 5.09. The summed E-state index contributed by atoms with van der Waals surface area (Å²) >= 11 is 0. The van der Waals surface area contributed by atoms with E-state index in [2.05, 4.69) is 124 Å². The molecule has 6 heteroatoms. The number of rotatable bonds is 6. The van der Waals surface area contributed by atoms with Gasteiger partial charge in [0.2, 0.25) is 0 Å². The van der Waals surface area contributed by atoms with Gasteiger partial charge in [-0.2, -0.15) is 0 Å². The summed E-state index contributed by atoms with van der Waals surface area (Å²) in [4.78, 5) is 20.0. The van der Waals surface area contributed by atoms with Gasteiger partial charge in [-0.15, -0.1) is 0 Å². The number of aromatic nitrogens is 6. The minimum atomic E-state index is 0.598. The average Bonchev–Trinajstić information content (AvgIpc) is 3.79. The van der Waals surface area contributed by atoms with Gasteiger partial charge < -0.3 is 9.13 Å². The molecular weight excluding hydrogens is 685 g/mol. The number of hydrogen-bond acceptors (Lipinski definition) is 4. The molecule has 0 atom stereocenters. The molecule has 0 amide bonds. The van der Waals surface area contributed by atoms with E-state index in [9.17, 15) is 0 Å². The van der Waals surface area contributed by atoms with Gasteiger partial charge in [-0.3, -0.25) is 4.98 Å². The smallest absolute Gasteiger partial charge is 0.164 e. The van der Waals surface area contributed by atoms with Gasteiger partial charge >= 0.3 is 0 Å². The van der Waals surface area contributed by atoms with Crippen molar-refractivity contribution in [2.45, 2.75) is 0 Å². The molecule has 7 aromatic carbocycles. The molecule has 0 fully saturated rings. The monoisotopic (exact) mass is 716 g/mol. The van der Waals surface area contributed by atoms with E-state index in [-0.39, 0.29) is 0 Å². The Morgan fingerprint density at radius 3 is 1.43 bits per heavy atom. The van der Waals surface area contributed by atoms with Crippen LogP contribution in [0.5, 0.6) is 0 Å². The highest BCUT2D eigenvalue weighted by Gasteiger charge is 2.20. The van der Waals surface area contributed by atoms with Crippen molar-refractivity contribution in [2.75, 3.05) is 0 Å². The first kappa shape index (κ1) is 31.8. The molecule has 4 aromatic heterocycles. The van der Waals surface area contributed by atoms with Gasteiger partial charge in [0, 0.05) is 55.7 Å². The van der Waals surface area contributed by atoms with Crippen LogP contribution in [0.2, 0.25) is 0 Å². The number of para-hydroxylation sites is 3. The SMILES string of the molecule is c1ccc(-c2nc(-c3ccccc3)nc(-c3ccc(-c4ccccn4)c(-n4c5ccccc5c5cc(-n6c7ccccc7c7ccccc76)ccc54)c3)n2)cc1. The largest absolute Gasteiger partial charge is 0.309 e. The lowest BCUT2D eigenvalue weighted by atomic mass is 10.0. The lowest BCUT2D eigenvalue weighted by Gasteiger charge is -2.16. The van der Waals surface area contributed by atoms with Crippen LogP contribution in [0.4, 0.5) is 0 Å². The highest BCUT2D eigenvalue weighted by molar-refractivity contribution is 6.12. The van der Waals surface area contributed by atoms with Crippen molar-refractivity contribution in [3.05, 3.63) is 194 Å². The average molecular weight is 717 g/mol. The van der Waals surface area contributed by atoms with E-state index < -0.39 is 0 Å². The van der Waals surface area contributed by atoms with E-state index in [0.29, 0.717) is 17.5 Å². The number of hydrogen-bond donors (Lipinski definition) is 0. The molecule has 0 bridgehead atoms. The first-order valence-electron chi connectivity index (χ1n) is 18.7. The first-order valence-corrected chi connectivity index (χ1v) is 18.7. The summed E-state index contributed by atoms with van der Waals surface area (Å²) in [5.74, 6) is 1.85. The van der Waals surface area contributed by atoms with Gasteiger partial charge in [-0.1, -0.05) is 127 Å². The Morgan fingerprint density at radius 1 is 0.339 bits per heavy atom. The van der Waals surface area contributed by atoms with Crippen LogP contribution in [0, 0.1) is 0 Å². The molecule has 0 N–H and O–H groups in total. The lowest BCUT2D eigenvalue weighted by Crippen LogP contribution is -2.02. The standard InChI is InChI=1S/C50H32N6/c1-3-15-33(16-4-1)48-52-49(34-17-5-2-6-18-34)54-50(53-48)35-26-28-40(42-22-13-14-30-51-42)47(31-35)56-45-25-12-9-21-39(45)41-32-36(27-29-46(41)56)55-43-23-10-7-19-37(43)38-20-8-11-24-44(38)55/h1-32H. The van der Waals surface area contributed by atoms with Crippen LogP contribution in [0.15, 0.2) is 194 Å². The number of nitrogens with zero attached hydrogens (tertiary/aromatic N) is 6. The topological polar surface area (TPSA) is 61.4 Å². The van der Waals surface area contributed by atoms with Crippen molar-refractivity contribution in [3.8, 4) is 56.8 Å². The Balaban J connectivity index is 1.16. The van der Waals surface area contributed by atoms with Gasteiger partial charge in [0.25, 0.3) is 0 Å². The lowest BCUT2D eigenvalue weighted by molar-refractivity contribution is 1.07. The zero-order valence-electron chi connectivity index (χ0n) is 30.2. The molecule has 0 radical (unpaired) electrons. The quantitative estimate of drug-likeness (QED) is 0.172. The summed E-state index contributed by atoms with van der Waals surface area (Å²) in [6.07, 6.45) is 1.85. The highest BCUT2D eigenvalue weighted by atomic mass is 15.0. The normalized spacial score (nSPS) is 11.6. The summed E-state index contributed by atoms with van der Waals surface area (Å²) in [6.45, 7) is 0. The van der Waals surface area contributed by atoms with Crippen LogP contribution in [-0.4, -0.2) is 29.1 Å². The van der Waals surface area contributed by atoms with E-state index in [1.54, 1.807) is 0 Å². The minimum absolute atomic E-state index is 0.598. The Labute approximate surface area is 322 Å². The molecule has 11 rings (SSSR count). The van der Waals surface area contributed by atoms with Crippen molar-refractivity contribution in [1.29, 1.82) is 0 Å². The van der Waals surface area contributed by atoms with Crippen LogP contribution in [-0.2, 0) is 0 Å². The van der Waals surface area contributed by atoms with Gasteiger partial charge in [0.15, 0.2) is 17.5 Å². The second-order valence-electron chi connectivity index (χ2n) is 13.9. The second kappa shape index (κ2) is 13.0. The molecule has 11 aromatic rings. The zero-order valence-corrected chi connectivity index (χ0v) is 30.2. The van der Waals surface area contributed by atoms with Gasteiger partial charge in [0.05, 0.1) is 33.4 Å². The van der Waals surface area contributed by atoms with Crippen molar-refractivity contribution in [3.63, 3.8) is 0 Å². The molecule has 56 heavy (non-hydrogen) atoms. The van der Waals surface area contributed by atoms with E-state index in [1.807, 2.05) is 79.0 Å². The van der Waals surface area contributed by atoms with E-state index in [4.69, 9.17) is 19.9 Å². The first-order chi connectivity index (χ1) is 27.8. The molecular formula is C50H32N6. The highest BCUT2D eigenvalue weighted by Crippen LogP contribution is 2.40. The van der Waals surface area contributed by atoms with E-state index in [0.717, 1.165) is 55.7 Å². The second-order valence-corrected chi connectivity index (χ2v) is 13.9. The van der Waals surface area contributed by atoms with Crippen LogP contribution in [0.3, 0.4) is 0 Å². The Hall–Kier alpha value is -7.70. The van der Waals surface area contributed by atoms with Crippen molar-refractivity contribution >= 4 is 43.6 Å². The van der Waals surface area contributed by atoms with E-state index >= 15 is 0 Å². The predicted octanol–water partition coefficient (Wildman–Crippen LogP) is 12.1.